The van der Waals surface area contributed by atoms with E-state index in [2.05, 4.69) is 6.92 Å². The van der Waals surface area contributed by atoms with Gasteiger partial charge in [0, 0.05) is 29.2 Å². The first-order valence-electron chi connectivity index (χ1n) is 6.18. The van der Waals surface area contributed by atoms with Crippen molar-refractivity contribution < 1.29 is 10.2 Å². The zero-order valence-electron chi connectivity index (χ0n) is 11.0. The summed E-state index contributed by atoms with van der Waals surface area (Å²) in [7, 11) is 0. The van der Waals surface area contributed by atoms with E-state index in [-0.39, 0.29) is 13.2 Å². The molecule has 1 aromatic carbocycles. The Balaban J connectivity index is 3.23. The molecule has 0 radical (unpaired) electrons. The van der Waals surface area contributed by atoms with E-state index in [0.717, 1.165) is 21.9 Å². The fraction of sp³-hybridized carbons (Fsp3) is 0.462. The molecular formula is C13H20N2O2S2. The van der Waals surface area contributed by atoms with Crippen LogP contribution in [0.4, 0.5) is 5.69 Å². The maximum Gasteiger partial charge on any atom is 0.107 e. The molecular weight excluding hydrogens is 280 g/mol. The highest BCUT2D eigenvalue weighted by molar-refractivity contribution is 7.99. The smallest absolute Gasteiger partial charge is 0.107 e. The Hall–Kier alpha value is -0.820. The van der Waals surface area contributed by atoms with Crippen molar-refractivity contribution in [2.75, 3.05) is 37.0 Å². The number of nitrogens with two attached hydrogens (primary N) is 1. The molecule has 1 rings (SSSR count). The number of aliphatic hydroxyl groups excluding tert-OH is 2. The van der Waals surface area contributed by atoms with Gasteiger partial charge in [-0.2, -0.15) is 0 Å². The van der Waals surface area contributed by atoms with E-state index in [0.29, 0.717) is 18.1 Å². The van der Waals surface area contributed by atoms with Crippen LogP contribution >= 0.6 is 24.0 Å². The zero-order valence-corrected chi connectivity index (χ0v) is 12.6. The highest BCUT2D eigenvalue weighted by Gasteiger charge is 2.16. The molecule has 106 valence electrons. The minimum Gasteiger partial charge on any atom is -0.395 e. The summed E-state index contributed by atoms with van der Waals surface area (Å²) >= 11 is 6.83. The first-order valence-corrected chi connectivity index (χ1v) is 7.57. The summed E-state index contributed by atoms with van der Waals surface area (Å²) in [5.74, 6) is 0.930. The molecule has 0 saturated carbocycles. The number of thioether (sulfide) groups is 1. The average Bonchev–Trinajstić information content (AvgIpc) is 2.38. The molecule has 0 bridgehead atoms. The van der Waals surface area contributed by atoms with Crippen LogP contribution in [0, 0.1) is 0 Å². The van der Waals surface area contributed by atoms with Gasteiger partial charge in [0.2, 0.25) is 0 Å². The van der Waals surface area contributed by atoms with Crippen LogP contribution in [0.5, 0.6) is 0 Å². The van der Waals surface area contributed by atoms with Crippen molar-refractivity contribution in [3.05, 3.63) is 23.8 Å². The monoisotopic (exact) mass is 300 g/mol. The molecule has 0 fully saturated rings. The third-order valence-corrected chi connectivity index (χ3v) is 3.78. The van der Waals surface area contributed by atoms with Crippen molar-refractivity contribution >= 4 is 34.7 Å². The molecule has 0 heterocycles. The minimum atomic E-state index is 0.0158. The van der Waals surface area contributed by atoms with Crippen molar-refractivity contribution in [2.24, 2.45) is 5.73 Å². The standard InChI is InChI=1S/C13H20N2O2S2/c1-2-19-11-5-3-4-10(12(11)13(14)18)15(6-8-16)7-9-17/h3-5,16-17H,2,6-9H2,1H3,(H2,14,18). The highest BCUT2D eigenvalue weighted by atomic mass is 32.2. The molecule has 0 aliphatic carbocycles. The fourth-order valence-electron chi connectivity index (χ4n) is 1.90. The highest BCUT2D eigenvalue weighted by Crippen LogP contribution is 2.30. The lowest BCUT2D eigenvalue weighted by Gasteiger charge is -2.26. The summed E-state index contributed by atoms with van der Waals surface area (Å²) in [4.78, 5) is 3.27. The number of nitrogens with zero attached hydrogens (tertiary/aromatic N) is 1. The van der Waals surface area contributed by atoms with Crippen molar-refractivity contribution in [1.82, 2.24) is 0 Å². The summed E-state index contributed by atoms with van der Waals surface area (Å²) in [6.45, 7) is 2.98. The van der Waals surface area contributed by atoms with Gasteiger partial charge in [-0.15, -0.1) is 11.8 Å². The molecule has 0 aliphatic heterocycles. The Bertz CT molecular complexity index is 421. The van der Waals surface area contributed by atoms with Gasteiger partial charge in [0.05, 0.1) is 13.2 Å². The Morgan fingerprint density at radius 1 is 1.32 bits per heavy atom. The van der Waals surface area contributed by atoms with Crippen LogP contribution in [0.3, 0.4) is 0 Å². The zero-order chi connectivity index (χ0) is 14.3. The number of rotatable bonds is 8. The fourth-order valence-corrected chi connectivity index (χ4v) is 3.02. The first-order chi connectivity index (χ1) is 9.15. The van der Waals surface area contributed by atoms with Crippen LogP contribution in [-0.2, 0) is 0 Å². The Labute approximate surface area is 123 Å². The van der Waals surface area contributed by atoms with Gasteiger partial charge in [0.25, 0.3) is 0 Å². The second-order valence-electron chi connectivity index (χ2n) is 3.88. The maximum atomic E-state index is 9.13. The van der Waals surface area contributed by atoms with E-state index < -0.39 is 0 Å². The topological polar surface area (TPSA) is 69.7 Å². The third-order valence-electron chi connectivity index (χ3n) is 2.63. The minimum absolute atomic E-state index is 0.0158. The van der Waals surface area contributed by atoms with Crippen LogP contribution in [0.1, 0.15) is 12.5 Å². The quantitative estimate of drug-likeness (QED) is 0.495. The van der Waals surface area contributed by atoms with Crippen molar-refractivity contribution in [3.8, 4) is 0 Å². The second kappa shape index (κ2) is 8.37. The van der Waals surface area contributed by atoms with Crippen LogP contribution in [0.25, 0.3) is 0 Å². The number of hydrogen-bond acceptors (Lipinski definition) is 5. The molecule has 0 amide bonds. The largest absolute Gasteiger partial charge is 0.395 e. The van der Waals surface area contributed by atoms with Gasteiger partial charge in [-0.25, -0.2) is 0 Å². The van der Waals surface area contributed by atoms with E-state index in [1.165, 1.54) is 0 Å². The summed E-state index contributed by atoms with van der Waals surface area (Å²) < 4.78 is 0. The van der Waals surface area contributed by atoms with E-state index >= 15 is 0 Å². The van der Waals surface area contributed by atoms with Gasteiger partial charge in [0.15, 0.2) is 0 Å². The Morgan fingerprint density at radius 3 is 2.42 bits per heavy atom. The number of aliphatic hydroxyl groups is 2. The number of hydrogen-bond donors (Lipinski definition) is 3. The van der Waals surface area contributed by atoms with Gasteiger partial charge in [-0.05, 0) is 17.9 Å². The second-order valence-corrected chi connectivity index (χ2v) is 5.63. The summed E-state index contributed by atoms with van der Waals surface area (Å²) in [5, 5.41) is 18.3. The van der Waals surface area contributed by atoms with Gasteiger partial charge < -0.3 is 20.8 Å². The third kappa shape index (κ3) is 4.35. The number of benzene rings is 1. The molecule has 1 aromatic rings. The molecule has 19 heavy (non-hydrogen) atoms. The maximum absolute atomic E-state index is 9.13. The van der Waals surface area contributed by atoms with Crippen molar-refractivity contribution in [2.45, 2.75) is 11.8 Å². The lowest BCUT2D eigenvalue weighted by molar-refractivity contribution is 0.281. The van der Waals surface area contributed by atoms with Gasteiger partial charge in [-0.1, -0.05) is 25.2 Å². The molecule has 6 heteroatoms. The number of thiocarbonyl (C=S) groups is 1. The lowest BCUT2D eigenvalue weighted by Crippen LogP contribution is -2.32. The van der Waals surface area contributed by atoms with E-state index in [1.807, 2.05) is 23.1 Å². The normalized spacial score (nSPS) is 10.5. The molecule has 0 aliphatic rings. The summed E-state index contributed by atoms with van der Waals surface area (Å²) in [6.07, 6.45) is 0. The molecule has 0 atom stereocenters. The number of anilines is 1. The SMILES string of the molecule is CCSc1cccc(N(CCO)CCO)c1C(N)=S. The van der Waals surface area contributed by atoms with Gasteiger partial charge >= 0.3 is 0 Å². The van der Waals surface area contributed by atoms with Crippen molar-refractivity contribution in [3.63, 3.8) is 0 Å². The molecule has 4 N–H and O–H groups in total. The van der Waals surface area contributed by atoms with E-state index in [9.17, 15) is 0 Å². The summed E-state index contributed by atoms with van der Waals surface area (Å²) in [6, 6.07) is 5.85. The lowest BCUT2D eigenvalue weighted by atomic mass is 10.1. The molecule has 4 nitrogen and oxygen atoms in total. The summed E-state index contributed by atoms with van der Waals surface area (Å²) in [5.41, 5.74) is 7.54. The predicted octanol–water partition coefficient (Wildman–Crippen LogP) is 1.22. The Kier molecular flexibility index (Phi) is 7.15. The van der Waals surface area contributed by atoms with Crippen LogP contribution in [-0.4, -0.2) is 47.3 Å². The van der Waals surface area contributed by atoms with Gasteiger partial charge in [0.1, 0.15) is 4.99 Å². The predicted molar refractivity (Wildman–Crippen MR) is 85.1 cm³/mol. The molecule has 0 aromatic heterocycles. The molecule has 0 saturated heterocycles. The molecule has 0 unspecified atom stereocenters. The van der Waals surface area contributed by atoms with Gasteiger partial charge in [-0.3, -0.25) is 0 Å². The van der Waals surface area contributed by atoms with Crippen LogP contribution < -0.4 is 10.6 Å². The van der Waals surface area contributed by atoms with Crippen molar-refractivity contribution in [1.29, 1.82) is 0 Å². The Morgan fingerprint density at radius 2 is 1.95 bits per heavy atom. The van der Waals surface area contributed by atoms with Crippen LogP contribution in [0.15, 0.2) is 23.1 Å². The van der Waals surface area contributed by atoms with E-state index in [4.69, 9.17) is 28.2 Å². The van der Waals surface area contributed by atoms with E-state index in [1.54, 1.807) is 11.8 Å². The average molecular weight is 300 g/mol. The first kappa shape index (κ1) is 16.2. The van der Waals surface area contributed by atoms with Crippen LogP contribution in [0.2, 0.25) is 0 Å². The molecule has 0 spiro atoms.